The number of benzene rings is 1. The van der Waals surface area contributed by atoms with Gasteiger partial charge in [-0.25, -0.2) is 0 Å². The first kappa shape index (κ1) is 11.9. The zero-order chi connectivity index (χ0) is 12.3. The van der Waals surface area contributed by atoms with Crippen LogP contribution in [0.25, 0.3) is 0 Å². The fraction of sp³-hybridized carbons (Fsp3) is 0.462. The van der Waals surface area contributed by atoms with Crippen LogP contribution in [0.2, 0.25) is 0 Å². The minimum atomic E-state index is -0.272. The number of piperazine rings is 1. The van der Waals surface area contributed by atoms with Crippen molar-refractivity contribution in [3.8, 4) is 0 Å². The molecular formula is C13H19N3O. The number of hydrogen-bond donors (Lipinski definition) is 1. The maximum atomic E-state index is 11.1. The third kappa shape index (κ3) is 2.97. The second-order valence-corrected chi connectivity index (χ2v) is 4.56. The molecule has 0 aromatic heterocycles. The van der Waals surface area contributed by atoms with Crippen molar-refractivity contribution in [2.75, 3.05) is 38.1 Å². The first-order valence-electron chi connectivity index (χ1n) is 5.96. The Bertz CT molecular complexity index is 397. The van der Waals surface area contributed by atoms with E-state index in [-0.39, 0.29) is 5.91 Å². The lowest BCUT2D eigenvalue weighted by molar-refractivity contribution is -0.117. The van der Waals surface area contributed by atoms with Crippen LogP contribution in [0.4, 0.5) is 5.69 Å². The molecule has 1 aliphatic heterocycles. The highest BCUT2D eigenvalue weighted by atomic mass is 16.1. The van der Waals surface area contributed by atoms with Gasteiger partial charge in [0, 0.05) is 31.9 Å². The van der Waals surface area contributed by atoms with Gasteiger partial charge in [0.25, 0.3) is 0 Å². The molecule has 1 amide bonds. The van der Waals surface area contributed by atoms with E-state index in [9.17, 15) is 4.79 Å². The molecular weight excluding hydrogens is 214 g/mol. The molecule has 1 aromatic rings. The third-order valence-corrected chi connectivity index (χ3v) is 3.20. The summed E-state index contributed by atoms with van der Waals surface area (Å²) in [6, 6.07) is 8.03. The minimum Gasteiger partial charge on any atom is -0.369 e. The van der Waals surface area contributed by atoms with Gasteiger partial charge in [-0.2, -0.15) is 0 Å². The molecule has 0 saturated carbocycles. The fourth-order valence-corrected chi connectivity index (χ4v) is 2.20. The Kier molecular flexibility index (Phi) is 3.64. The van der Waals surface area contributed by atoms with Crippen LogP contribution in [0.15, 0.2) is 24.3 Å². The van der Waals surface area contributed by atoms with Crippen molar-refractivity contribution in [1.29, 1.82) is 0 Å². The number of amides is 1. The van der Waals surface area contributed by atoms with Crippen LogP contribution in [-0.4, -0.2) is 44.0 Å². The van der Waals surface area contributed by atoms with Crippen molar-refractivity contribution in [1.82, 2.24) is 4.90 Å². The van der Waals surface area contributed by atoms with Crippen molar-refractivity contribution >= 4 is 11.6 Å². The summed E-state index contributed by atoms with van der Waals surface area (Å²) >= 11 is 0. The average Bonchev–Trinajstić information content (AvgIpc) is 2.30. The highest BCUT2D eigenvalue weighted by Crippen LogP contribution is 2.21. The van der Waals surface area contributed by atoms with E-state index in [1.165, 1.54) is 0 Å². The number of para-hydroxylation sites is 1. The average molecular weight is 233 g/mol. The Morgan fingerprint density at radius 1 is 1.24 bits per heavy atom. The van der Waals surface area contributed by atoms with Crippen LogP contribution in [0, 0.1) is 0 Å². The van der Waals surface area contributed by atoms with Crippen molar-refractivity contribution in [3.63, 3.8) is 0 Å². The van der Waals surface area contributed by atoms with E-state index >= 15 is 0 Å². The number of anilines is 1. The summed E-state index contributed by atoms with van der Waals surface area (Å²) in [6.45, 7) is 4.13. The van der Waals surface area contributed by atoms with Gasteiger partial charge in [0.2, 0.25) is 5.91 Å². The fourth-order valence-electron chi connectivity index (χ4n) is 2.20. The van der Waals surface area contributed by atoms with Crippen molar-refractivity contribution in [3.05, 3.63) is 29.8 Å². The lowest BCUT2D eigenvalue weighted by Gasteiger charge is -2.35. The molecule has 0 radical (unpaired) electrons. The first-order chi connectivity index (χ1) is 8.16. The quantitative estimate of drug-likeness (QED) is 0.825. The predicted molar refractivity (Wildman–Crippen MR) is 69.1 cm³/mol. The number of primary amides is 1. The Morgan fingerprint density at radius 3 is 2.53 bits per heavy atom. The van der Waals surface area contributed by atoms with Gasteiger partial charge in [0.1, 0.15) is 0 Å². The first-order valence-corrected chi connectivity index (χ1v) is 5.96. The normalized spacial score (nSPS) is 17.1. The van der Waals surface area contributed by atoms with E-state index in [2.05, 4.69) is 22.9 Å². The number of rotatable bonds is 3. The van der Waals surface area contributed by atoms with Crippen LogP contribution in [0.1, 0.15) is 5.56 Å². The second kappa shape index (κ2) is 5.19. The number of hydrogen-bond acceptors (Lipinski definition) is 3. The monoisotopic (exact) mass is 233 g/mol. The Morgan fingerprint density at radius 2 is 1.88 bits per heavy atom. The number of nitrogens with two attached hydrogens (primary N) is 1. The summed E-state index contributed by atoms with van der Waals surface area (Å²) in [7, 11) is 2.13. The third-order valence-electron chi connectivity index (χ3n) is 3.20. The van der Waals surface area contributed by atoms with Gasteiger partial charge in [-0.15, -0.1) is 0 Å². The van der Waals surface area contributed by atoms with E-state index in [0.717, 1.165) is 37.4 Å². The number of carbonyl (C=O) groups is 1. The topological polar surface area (TPSA) is 49.6 Å². The number of likely N-dealkylation sites (N-methyl/N-ethyl adjacent to an activating group) is 1. The summed E-state index contributed by atoms with van der Waals surface area (Å²) in [5.74, 6) is -0.272. The highest BCUT2D eigenvalue weighted by Gasteiger charge is 2.17. The molecule has 17 heavy (non-hydrogen) atoms. The summed E-state index contributed by atoms with van der Waals surface area (Å²) in [5.41, 5.74) is 7.46. The molecule has 2 rings (SSSR count). The van der Waals surface area contributed by atoms with Crippen LogP contribution < -0.4 is 10.6 Å². The molecule has 1 aliphatic rings. The molecule has 1 aromatic carbocycles. The molecule has 0 unspecified atom stereocenters. The second-order valence-electron chi connectivity index (χ2n) is 4.56. The van der Waals surface area contributed by atoms with Gasteiger partial charge >= 0.3 is 0 Å². The molecule has 1 fully saturated rings. The summed E-state index contributed by atoms with van der Waals surface area (Å²) in [4.78, 5) is 15.7. The molecule has 4 heteroatoms. The van der Waals surface area contributed by atoms with Gasteiger partial charge in [0.05, 0.1) is 6.42 Å². The van der Waals surface area contributed by atoms with E-state index in [4.69, 9.17) is 5.73 Å². The molecule has 1 saturated heterocycles. The van der Waals surface area contributed by atoms with E-state index in [1.54, 1.807) is 0 Å². The molecule has 92 valence electrons. The van der Waals surface area contributed by atoms with Gasteiger partial charge < -0.3 is 15.5 Å². The SMILES string of the molecule is CN1CCN(c2ccccc2CC(N)=O)CC1. The molecule has 0 aliphatic carbocycles. The van der Waals surface area contributed by atoms with Crippen molar-refractivity contribution in [2.24, 2.45) is 5.73 Å². The molecule has 0 bridgehead atoms. The van der Waals surface area contributed by atoms with E-state index < -0.39 is 0 Å². The summed E-state index contributed by atoms with van der Waals surface area (Å²) in [5, 5.41) is 0. The van der Waals surface area contributed by atoms with Crippen LogP contribution in [0.3, 0.4) is 0 Å². The maximum absolute atomic E-state index is 11.1. The lowest BCUT2D eigenvalue weighted by Crippen LogP contribution is -2.44. The molecule has 4 nitrogen and oxygen atoms in total. The smallest absolute Gasteiger partial charge is 0.221 e. The molecule has 0 spiro atoms. The van der Waals surface area contributed by atoms with Crippen LogP contribution >= 0.6 is 0 Å². The van der Waals surface area contributed by atoms with Gasteiger partial charge in [-0.3, -0.25) is 4.79 Å². The van der Waals surface area contributed by atoms with Gasteiger partial charge in [0.15, 0.2) is 0 Å². The van der Waals surface area contributed by atoms with Crippen molar-refractivity contribution in [2.45, 2.75) is 6.42 Å². The Labute approximate surface area is 102 Å². The standard InChI is InChI=1S/C13H19N3O/c1-15-6-8-16(9-7-15)12-5-3-2-4-11(12)10-13(14)17/h2-5H,6-10H2,1H3,(H2,14,17). The Balaban J connectivity index is 2.16. The van der Waals surface area contributed by atoms with Crippen molar-refractivity contribution < 1.29 is 4.79 Å². The number of carbonyl (C=O) groups excluding carboxylic acids is 1. The molecule has 2 N–H and O–H groups in total. The predicted octanol–water partition coefficient (Wildman–Crippen LogP) is 0.466. The van der Waals surface area contributed by atoms with Crippen LogP contribution in [-0.2, 0) is 11.2 Å². The summed E-state index contributed by atoms with van der Waals surface area (Å²) < 4.78 is 0. The van der Waals surface area contributed by atoms with Gasteiger partial charge in [-0.1, -0.05) is 18.2 Å². The van der Waals surface area contributed by atoms with E-state index in [0.29, 0.717) is 6.42 Å². The maximum Gasteiger partial charge on any atom is 0.221 e. The minimum absolute atomic E-state index is 0.272. The zero-order valence-corrected chi connectivity index (χ0v) is 10.2. The molecule has 0 atom stereocenters. The zero-order valence-electron chi connectivity index (χ0n) is 10.2. The van der Waals surface area contributed by atoms with E-state index in [1.807, 2.05) is 18.2 Å². The lowest BCUT2D eigenvalue weighted by atomic mass is 10.1. The van der Waals surface area contributed by atoms with Gasteiger partial charge in [-0.05, 0) is 18.7 Å². The summed E-state index contributed by atoms with van der Waals surface area (Å²) in [6.07, 6.45) is 0.322. The van der Waals surface area contributed by atoms with Crippen LogP contribution in [0.5, 0.6) is 0 Å². The molecule has 1 heterocycles. The number of nitrogens with zero attached hydrogens (tertiary/aromatic N) is 2. The largest absolute Gasteiger partial charge is 0.369 e. The highest BCUT2D eigenvalue weighted by molar-refractivity contribution is 5.79. The Hall–Kier alpha value is -1.55.